The van der Waals surface area contributed by atoms with Crippen LogP contribution in [-0.2, 0) is 9.53 Å². The van der Waals surface area contributed by atoms with Crippen molar-refractivity contribution in [3.05, 3.63) is 40.1 Å². The largest absolute Gasteiger partial charge is 0.464 e. The molecule has 0 radical (unpaired) electrons. The number of unbranched alkanes of at least 4 members (excludes halogenated alkanes) is 1. The molecule has 1 aromatic carbocycles. The Balaban J connectivity index is 1.83. The molecule has 2 heterocycles. The van der Waals surface area contributed by atoms with Crippen LogP contribution in [0.1, 0.15) is 43.0 Å². The molecule has 1 aromatic heterocycles. The van der Waals surface area contributed by atoms with Gasteiger partial charge in [-0.2, -0.15) is 0 Å². The molecule has 7 heteroatoms. The maximum atomic E-state index is 13.0. The lowest BCUT2D eigenvalue weighted by atomic mass is 10.1. The minimum absolute atomic E-state index is 0.210. The summed E-state index contributed by atoms with van der Waals surface area (Å²) in [5.41, 5.74) is 0.455. The fraction of sp³-hybridized carbons (Fsp3) is 0.421. The highest BCUT2D eigenvalue weighted by Gasteiger charge is 2.35. The number of esters is 1. The van der Waals surface area contributed by atoms with E-state index in [0.717, 1.165) is 24.6 Å². The minimum Gasteiger partial charge on any atom is -0.464 e. The van der Waals surface area contributed by atoms with Crippen molar-refractivity contribution in [1.82, 2.24) is 9.88 Å². The zero-order valence-electron chi connectivity index (χ0n) is 14.5. The molecular formula is C19H20Cl2N2O3. The van der Waals surface area contributed by atoms with Crippen LogP contribution < -0.4 is 0 Å². The number of ether oxygens (including phenoxy) is 1. The van der Waals surface area contributed by atoms with Gasteiger partial charge < -0.3 is 9.64 Å². The van der Waals surface area contributed by atoms with Gasteiger partial charge in [0.1, 0.15) is 11.2 Å². The summed E-state index contributed by atoms with van der Waals surface area (Å²) in [6, 6.07) is 4.60. The summed E-state index contributed by atoms with van der Waals surface area (Å²) in [5.74, 6) is -0.536. The first-order chi connectivity index (χ1) is 12.5. The van der Waals surface area contributed by atoms with Crippen molar-refractivity contribution in [2.45, 2.75) is 38.6 Å². The molecule has 1 unspecified atom stereocenters. The zero-order chi connectivity index (χ0) is 18.7. The van der Waals surface area contributed by atoms with Gasteiger partial charge in [-0.3, -0.25) is 4.79 Å². The first-order valence-corrected chi connectivity index (χ1v) is 9.50. The third kappa shape index (κ3) is 3.79. The van der Waals surface area contributed by atoms with Crippen LogP contribution in [0.3, 0.4) is 0 Å². The second-order valence-electron chi connectivity index (χ2n) is 6.33. The summed E-state index contributed by atoms with van der Waals surface area (Å²) in [7, 11) is 0. The summed E-state index contributed by atoms with van der Waals surface area (Å²) in [4.78, 5) is 30.9. The fourth-order valence-corrected chi connectivity index (χ4v) is 3.56. The van der Waals surface area contributed by atoms with Gasteiger partial charge in [-0.25, -0.2) is 9.78 Å². The molecule has 1 saturated heterocycles. The number of carbonyl (C=O) groups excluding carboxylic acids is 2. The number of nitrogens with zero attached hydrogens (tertiary/aromatic N) is 2. The Labute approximate surface area is 162 Å². The standard InChI is InChI=1S/C19H20Cl2N2O3/c1-2-3-9-26-19(25)16-5-4-8-23(16)18(24)12-6-7-13-14(10-12)17(21)22-11-15(13)20/h6-7,10-11,16H,2-5,8-9H2,1H3. The van der Waals surface area contributed by atoms with E-state index in [4.69, 9.17) is 27.9 Å². The summed E-state index contributed by atoms with van der Waals surface area (Å²) in [5, 5.41) is 2.12. The SMILES string of the molecule is CCCCOC(=O)C1CCCN1C(=O)c1ccc2c(Cl)cnc(Cl)c2c1. The van der Waals surface area contributed by atoms with Gasteiger partial charge in [-0.1, -0.05) is 42.6 Å². The maximum absolute atomic E-state index is 13.0. The minimum atomic E-state index is -0.525. The van der Waals surface area contributed by atoms with E-state index >= 15 is 0 Å². The Bertz CT molecular complexity index is 841. The van der Waals surface area contributed by atoms with Gasteiger partial charge in [0.25, 0.3) is 5.91 Å². The van der Waals surface area contributed by atoms with Crippen LogP contribution in [0.15, 0.2) is 24.4 Å². The highest BCUT2D eigenvalue weighted by molar-refractivity contribution is 6.39. The lowest BCUT2D eigenvalue weighted by molar-refractivity contribution is -0.148. The highest BCUT2D eigenvalue weighted by atomic mass is 35.5. The molecule has 1 aliphatic rings. The molecule has 2 aromatic rings. The number of hydrogen-bond acceptors (Lipinski definition) is 4. The highest BCUT2D eigenvalue weighted by Crippen LogP contribution is 2.30. The number of carbonyl (C=O) groups is 2. The van der Waals surface area contributed by atoms with E-state index in [1.165, 1.54) is 6.20 Å². The third-order valence-electron chi connectivity index (χ3n) is 4.57. The van der Waals surface area contributed by atoms with Crippen LogP contribution >= 0.6 is 23.2 Å². The van der Waals surface area contributed by atoms with Crippen molar-refractivity contribution in [3.63, 3.8) is 0 Å². The molecule has 26 heavy (non-hydrogen) atoms. The number of rotatable bonds is 5. The average Bonchev–Trinajstić information content (AvgIpc) is 3.14. The fourth-order valence-electron chi connectivity index (χ4n) is 3.14. The maximum Gasteiger partial charge on any atom is 0.328 e. The molecule has 0 aliphatic carbocycles. The van der Waals surface area contributed by atoms with Crippen molar-refractivity contribution in [2.75, 3.05) is 13.2 Å². The number of amides is 1. The monoisotopic (exact) mass is 394 g/mol. The van der Waals surface area contributed by atoms with E-state index in [0.29, 0.717) is 35.5 Å². The zero-order valence-corrected chi connectivity index (χ0v) is 16.0. The molecule has 138 valence electrons. The molecule has 0 N–H and O–H groups in total. The first-order valence-electron chi connectivity index (χ1n) is 8.74. The van der Waals surface area contributed by atoms with E-state index in [1.807, 2.05) is 6.92 Å². The summed E-state index contributed by atoms with van der Waals surface area (Å²) in [6.45, 7) is 2.96. The molecule has 1 aliphatic heterocycles. The van der Waals surface area contributed by atoms with Crippen molar-refractivity contribution < 1.29 is 14.3 Å². The molecule has 1 fully saturated rings. The molecule has 3 rings (SSSR count). The number of pyridine rings is 1. The Morgan fingerprint density at radius 2 is 2.12 bits per heavy atom. The third-order valence-corrected chi connectivity index (χ3v) is 5.17. The number of halogens is 2. The molecule has 0 saturated carbocycles. The summed E-state index contributed by atoms with van der Waals surface area (Å²) < 4.78 is 5.31. The van der Waals surface area contributed by atoms with E-state index < -0.39 is 6.04 Å². The van der Waals surface area contributed by atoms with E-state index in [9.17, 15) is 9.59 Å². The topological polar surface area (TPSA) is 59.5 Å². The number of hydrogen-bond donors (Lipinski definition) is 0. The van der Waals surface area contributed by atoms with Crippen LogP contribution in [0, 0.1) is 0 Å². The smallest absolute Gasteiger partial charge is 0.328 e. The van der Waals surface area contributed by atoms with E-state index in [1.54, 1.807) is 23.1 Å². The predicted molar refractivity (Wildman–Crippen MR) is 102 cm³/mol. The number of fused-ring (bicyclic) bond motifs is 1. The second-order valence-corrected chi connectivity index (χ2v) is 7.10. The van der Waals surface area contributed by atoms with Crippen molar-refractivity contribution in [3.8, 4) is 0 Å². The Morgan fingerprint density at radius 1 is 1.31 bits per heavy atom. The van der Waals surface area contributed by atoms with Crippen molar-refractivity contribution in [1.29, 1.82) is 0 Å². The molecule has 0 bridgehead atoms. The molecule has 1 atom stereocenters. The van der Waals surface area contributed by atoms with Gasteiger partial charge in [0, 0.05) is 29.1 Å². The van der Waals surface area contributed by atoms with Gasteiger partial charge >= 0.3 is 5.97 Å². The normalized spacial score (nSPS) is 16.9. The summed E-state index contributed by atoms with van der Waals surface area (Å²) in [6.07, 6.45) is 4.66. The lowest BCUT2D eigenvalue weighted by Gasteiger charge is -2.23. The van der Waals surface area contributed by atoms with Crippen molar-refractivity contribution >= 4 is 45.9 Å². The number of benzene rings is 1. The lowest BCUT2D eigenvalue weighted by Crippen LogP contribution is -2.41. The predicted octanol–water partition coefficient (Wildman–Crippen LogP) is 4.49. The Hall–Kier alpha value is -1.85. The van der Waals surface area contributed by atoms with Crippen LogP contribution in [0.5, 0.6) is 0 Å². The van der Waals surface area contributed by atoms with Gasteiger partial charge in [0.15, 0.2) is 0 Å². The van der Waals surface area contributed by atoms with E-state index in [-0.39, 0.29) is 17.0 Å². The molecular weight excluding hydrogens is 375 g/mol. The first kappa shape index (κ1) is 18.9. The second kappa shape index (κ2) is 8.23. The van der Waals surface area contributed by atoms with Crippen LogP contribution in [0.25, 0.3) is 10.8 Å². The van der Waals surface area contributed by atoms with Gasteiger partial charge in [-0.15, -0.1) is 0 Å². The van der Waals surface area contributed by atoms with Gasteiger partial charge in [-0.05, 0) is 31.4 Å². The van der Waals surface area contributed by atoms with Gasteiger partial charge in [0.05, 0.1) is 11.6 Å². The van der Waals surface area contributed by atoms with Gasteiger partial charge in [0.2, 0.25) is 0 Å². The van der Waals surface area contributed by atoms with Crippen molar-refractivity contribution in [2.24, 2.45) is 0 Å². The van der Waals surface area contributed by atoms with Crippen LogP contribution in [0.2, 0.25) is 10.2 Å². The Kier molecular flexibility index (Phi) is 5.99. The van der Waals surface area contributed by atoms with Crippen LogP contribution in [0.4, 0.5) is 0 Å². The average molecular weight is 395 g/mol. The Morgan fingerprint density at radius 3 is 2.88 bits per heavy atom. The van der Waals surface area contributed by atoms with Crippen LogP contribution in [-0.4, -0.2) is 41.0 Å². The summed E-state index contributed by atoms with van der Waals surface area (Å²) >= 11 is 12.3. The molecule has 5 nitrogen and oxygen atoms in total. The molecule has 0 spiro atoms. The number of likely N-dealkylation sites (tertiary alicyclic amines) is 1. The number of aromatic nitrogens is 1. The van der Waals surface area contributed by atoms with E-state index in [2.05, 4.69) is 4.98 Å². The molecule has 1 amide bonds. The quantitative estimate of drug-likeness (QED) is 0.425.